The summed E-state index contributed by atoms with van der Waals surface area (Å²) in [5, 5.41) is 8.74. The number of hydrogen-bond donors (Lipinski definition) is 0. The van der Waals surface area contributed by atoms with Gasteiger partial charge in [0.1, 0.15) is 0 Å². The molecule has 58 valence electrons. The molecule has 0 aromatic carbocycles. The third-order valence-corrected chi connectivity index (χ3v) is 2.24. The van der Waals surface area contributed by atoms with Gasteiger partial charge in [-0.1, -0.05) is 20.3 Å². The Kier molecular flexibility index (Phi) is 3.42. The van der Waals surface area contributed by atoms with Gasteiger partial charge in [0.15, 0.2) is 0 Å². The Balaban J connectivity index is 3.94. The predicted molar refractivity (Wildman–Crippen MR) is 43.5 cm³/mol. The van der Waals surface area contributed by atoms with Gasteiger partial charge >= 0.3 is 0 Å². The molecule has 0 rings (SSSR count). The number of nitrogens with zero attached hydrogens (tertiary/aromatic N) is 1. The Hall–Kier alpha value is -0.510. The molecule has 10 heavy (non-hydrogen) atoms. The SMILES string of the molecule is CCCC(C)C(C)(C)C#N. The zero-order valence-corrected chi connectivity index (χ0v) is 7.44. The molecule has 0 fully saturated rings. The summed E-state index contributed by atoms with van der Waals surface area (Å²) in [5.41, 5.74) is -0.143. The van der Waals surface area contributed by atoms with Gasteiger partial charge < -0.3 is 0 Å². The maximum atomic E-state index is 8.74. The first-order valence-corrected chi connectivity index (χ1v) is 3.95. The molecule has 0 aliphatic rings. The normalized spacial score (nSPS) is 14.3. The van der Waals surface area contributed by atoms with Crippen LogP contribution in [0, 0.1) is 22.7 Å². The van der Waals surface area contributed by atoms with Crippen molar-refractivity contribution in [1.29, 1.82) is 5.26 Å². The Labute approximate surface area is 64.1 Å². The second kappa shape index (κ2) is 3.61. The molecule has 0 aliphatic heterocycles. The van der Waals surface area contributed by atoms with Crippen LogP contribution in [0.4, 0.5) is 0 Å². The van der Waals surface area contributed by atoms with Crippen molar-refractivity contribution in [3.63, 3.8) is 0 Å². The van der Waals surface area contributed by atoms with Crippen molar-refractivity contribution < 1.29 is 0 Å². The Bertz CT molecular complexity index is 130. The van der Waals surface area contributed by atoms with Gasteiger partial charge in [0.05, 0.1) is 11.5 Å². The monoisotopic (exact) mass is 139 g/mol. The molecule has 1 nitrogen and oxygen atoms in total. The quantitative estimate of drug-likeness (QED) is 0.589. The van der Waals surface area contributed by atoms with Crippen LogP contribution in [0.1, 0.15) is 40.5 Å². The van der Waals surface area contributed by atoms with E-state index in [1.807, 2.05) is 13.8 Å². The molecule has 0 aromatic rings. The molecule has 1 heteroatoms. The predicted octanol–water partition coefficient (Wildman–Crippen LogP) is 2.97. The smallest absolute Gasteiger partial charge is 0.0686 e. The van der Waals surface area contributed by atoms with Crippen molar-refractivity contribution in [1.82, 2.24) is 0 Å². The molecule has 0 saturated heterocycles. The first kappa shape index (κ1) is 9.49. The van der Waals surface area contributed by atoms with Gasteiger partial charge in [-0.05, 0) is 26.2 Å². The lowest BCUT2D eigenvalue weighted by molar-refractivity contribution is 0.298. The molecule has 0 aromatic heterocycles. The van der Waals surface area contributed by atoms with Gasteiger partial charge in [0.2, 0.25) is 0 Å². The van der Waals surface area contributed by atoms with Crippen LogP contribution in [0.2, 0.25) is 0 Å². The van der Waals surface area contributed by atoms with Gasteiger partial charge in [-0.2, -0.15) is 5.26 Å². The van der Waals surface area contributed by atoms with E-state index in [4.69, 9.17) is 5.26 Å². The van der Waals surface area contributed by atoms with Gasteiger partial charge in [0, 0.05) is 0 Å². The second-order valence-electron chi connectivity index (χ2n) is 3.52. The van der Waals surface area contributed by atoms with Crippen molar-refractivity contribution in [2.45, 2.75) is 40.5 Å². The molecule has 0 bridgehead atoms. The standard InChI is InChI=1S/C9H17N/c1-5-6-8(2)9(3,4)7-10/h8H,5-6H2,1-4H3. The van der Waals surface area contributed by atoms with E-state index in [0.29, 0.717) is 5.92 Å². The Morgan fingerprint density at radius 2 is 2.00 bits per heavy atom. The fourth-order valence-corrected chi connectivity index (χ4v) is 0.904. The van der Waals surface area contributed by atoms with Gasteiger partial charge in [-0.15, -0.1) is 0 Å². The van der Waals surface area contributed by atoms with Gasteiger partial charge in [-0.25, -0.2) is 0 Å². The van der Waals surface area contributed by atoms with E-state index in [-0.39, 0.29) is 5.41 Å². The topological polar surface area (TPSA) is 23.8 Å². The summed E-state index contributed by atoms with van der Waals surface area (Å²) in [6, 6.07) is 2.33. The van der Waals surface area contributed by atoms with E-state index in [2.05, 4.69) is 19.9 Å². The van der Waals surface area contributed by atoms with Gasteiger partial charge in [0.25, 0.3) is 0 Å². The summed E-state index contributed by atoms with van der Waals surface area (Å²) >= 11 is 0. The van der Waals surface area contributed by atoms with Crippen LogP contribution in [0.15, 0.2) is 0 Å². The van der Waals surface area contributed by atoms with E-state index in [9.17, 15) is 0 Å². The molecule has 0 spiro atoms. The molecule has 1 unspecified atom stereocenters. The molecule has 0 saturated carbocycles. The zero-order valence-electron chi connectivity index (χ0n) is 7.44. The summed E-state index contributed by atoms with van der Waals surface area (Å²) in [6.07, 6.45) is 2.33. The van der Waals surface area contributed by atoms with Gasteiger partial charge in [-0.3, -0.25) is 0 Å². The van der Waals surface area contributed by atoms with Crippen LogP contribution in [0.5, 0.6) is 0 Å². The molecule has 0 radical (unpaired) electrons. The van der Waals surface area contributed by atoms with Crippen LogP contribution in [0.3, 0.4) is 0 Å². The first-order valence-electron chi connectivity index (χ1n) is 3.95. The number of rotatable bonds is 3. The Morgan fingerprint density at radius 1 is 1.50 bits per heavy atom. The summed E-state index contributed by atoms with van der Waals surface area (Å²) < 4.78 is 0. The van der Waals surface area contributed by atoms with Crippen LogP contribution >= 0.6 is 0 Å². The fourth-order valence-electron chi connectivity index (χ4n) is 0.904. The van der Waals surface area contributed by atoms with Crippen molar-refractivity contribution in [2.24, 2.45) is 11.3 Å². The first-order chi connectivity index (χ1) is 4.54. The van der Waals surface area contributed by atoms with Crippen LogP contribution in [-0.4, -0.2) is 0 Å². The molecule has 0 aliphatic carbocycles. The average Bonchev–Trinajstić information content (AvgIpc) is 1.89. The maximum Gasteiger partial charge on any atom is 0.0686 e. The zero-order chi connectivity index (χ0) is 8.20. The molecule has 1 atom stereocenters. The highest BCUT2D eigenvalue weighted by Gasteiger charge is 2.23. The highest BCUT2D eigenvalue weighted by Crippen LogP contribution is 2.28. The maximum absolute atomic E-state index is 8.74. The minimum Gasteiger partial charge on any atom is -0.198 e. The van der Waals surface area contributed by atoms with Crippen LogP contribution in [-0.2, 0) is 0 Å². The van der Waals surface area contributed by atoms with Crippen molar-refractivity contribution in [3.8, 4) is 6.07 Å². The van der Waals surface area contributed by atoms with Crippen molar-refractivity contribution in [3.05, 3.63) is 0 Å². The summed E-state index contributed by atoms with van der Waals surface area (Å²) in [5.74, 6) is 0.516. The Morgan fingerprint density at radius 3 is 2.30 bits per heavy atom. The van der Waals surface area contributed by atoms with Crippen molar-refractivity contribution >= 4 is 0 Å². The molecular weight excluding hydrogens is 122 g/mol. The lowest BCUT2D eigenvalue weighted by Gasteiger charge is -2.23. The second-order valence-corrected chi connectivity index (χ2v) is 3.52. The summed E-state index contributed by atoms with van der Waals surface area (Å²) in [4.78, 5) is 0. The molecule has 0 amide bonds. The highest BCUT2D eigenvalue weighted by molar-refractivity contribution is 4.94. The third kappa shape index (κ3) is 2.39. The van der Waals surface area contributed by atoms with E-state index in [1.54, 1.807) is 0 Å². The average molecular weight is 139 g/mol. The molecular formula is C9H17N. The molecule has 0 heterocycles. The van der Waals surface area contributed by atoms with Crippen LogP contribution < -0.4 is 0 Å². The lowest BCUT2D eigenvalue weighted by Crippen LogP contribution is -2.18. The van der Waals surface area contributed by atoms with E-state index in [1.165, 1.54) is 6.42 Å². The number of nitriles is 1. The third-order valence-electron chi connectivity index (χ3n) is 2.24. The summed E-state index contributed by atoms with van der Waals surface area (Å²) in [7, 11) is 0. The fraction of sp³-hybridized carbons (Fsp3) is 0.889. The van der Waals surface area contributed by atoms with E-state index >= 15 is 0 Å². The highest BCUT2D eigenvalue weighted by atomic mass is 14.4. The minimum atomic E-state index is -0.143. The number of hydrogen-bond acceptors (Lipinski definition) is 1. The van der Waals surface area contributed by atoms with E-state index in [0.717, 1.165) is 6.42 Å². The summed E-state index contributed by atoms with van der Waals surface area (Å²) in [6.45, 7) is 8.32. The largest absolute Gasteiger partial charge is 0.198 e. The van der Waals surface area contributed by atoms with E-state index < -0.39 is 0 Å². The van der Waals surface area contributed by atoms with Crippen LogP contribution in [0.25, 0.3) is 0 Å². The minimum absolute atomic E-state index is 0.143. The molecule has 0 N–H and O–H groups in total. The van der Waals surface area contributed by atoms with Crippen molar-refractivity contribution in [2.75, 3.05) is 0 Å². The lowest BCUT2D eigenvalue weighted by atomic mass is 9.79.